The van der Waals surface area contributed by atoms with E-state index in [1.807, 2.05) is 60.0 Å². The zero-order chi connectivity index (χ0) is 32.3. The van der Waals surface area contributed by atoms with Crippen LogP contribution >= 0.6 is 11.3 Å². The summed E-state index contributed by atoms with van der Waals surface area (Å²) in [5, 5.41) is 21.4. The molecule has 3 rings (SSSR count). The standard InChI is InChI=1S/C32H43N5O6S/c1-21(2)27(35-30(40)42-6)28(39)34-25(18-22-10-8-7-9-11-22)26(38)20-37(36-31(41)43-32(3,4)5)19-23-12-14-24(15-13-23)29-33-16-17-44-29/h7-17,21,25-27,38H,18-20H2,1-6H3,(H,34,39)(H,35,40)(H,36,41)/t25-,26-,27-/m0/s1. The number of nitrogens with zero attached hydrogens (tertiary/aromatic N) is 2. The zero-order valence-corrected chi connectivity index (χ0v) is 26.9. The molecule has 0 bridgehead atoms. The highest BCUT2D eigenvalue weighted by Gasteiger charge is 2.31. The predicted octanol–water partition coefficient (Wildman–Crippen LogP) is 4.52. The number of alkyl carbamates (subject to hydrolysis) is 1. The number of methoxy groups -OCH3 is 1. The Hall–Kier alpha value is -4.00. The highest BCUT2D eigenvalue weighted by atomic mass is 32.1. The lowest BCUT2D eigenvalue weighted by atomic mass is 9.98. The van der Waals surface area contributed by atoms with E-state index in [-0.39, 0.29) is 19.0 Å². The number of ether oxygens (including phenoxy) is 2. The van der Waals surface area contributed by atoms with Crippen LogP contribution in [0, 0.1) is 5.92 Å². The first-order valence-electron chi connectivity index (χ1n) is 14.4. The van der Waals surface area contributed by atoms with E-state index in [2.05, 4.69) is 21.0 Å². The molecule has 238 valence electrons. The third-order valence-electron chi connectivity index (χ3n) is 6.56. The van der Waals surface area contributed by atoms with E-state index >= 15 is 0 Å². The summed E-state index contributed by atoms with van der Waals surface area (Å²) in [6.07, 6.45) is -0.474. The van der Waals surface area contributed by atoms with Gasteiger partial charge >= 0.3 is 12.2 Å². The fourth-order valence-corrected chi connectivity index (χ4v) is 5.06. The Balaban J connectivity index is 1.84. The number of rotatable bonds is 13. The topological polar surface area (TPSA) is 142 Å². The summed E-state index contributed by atoms with van der Waals surface area (Å²) in [6, 6.07) is 15.6. The Labute approximate surface area is 262 Å². The number of aliphatic hydroxyl groups is 1. The lowest BCUT2D eigenvalue weighted by Gasteiger charge is -2.32. The normalized spacial score (nSPS) is 13.6. The number of aliphatic hydroxyl groups excluding tert-OH is 1. The maximum Gasteiger partial charge on any atom is 0.422 e. The molecule has 2 aromatic carbocycles. The molecule has 44 heavy (non-hydrogen) atoms. The number of carbonyl (C=O) groups is 3. The molecule has 1 aromatic heterocycles. The van der Waals surface area contributed by atoms with Crippen molar-refractivity contribution in [3.8, 4) is 10.6 Å². The molecule has 12 heteroatoms. The molecule has 0 saturated heterocycles. The molecular weight excluding hydrogens is 582 g/mol. The molecule has 0 saturated carbocycles. The van der Waals surface area contributed by atoms with Crippen molar-refractivity contribution in [1.29, 1.82) is 0 Å². The fourth-order valence-electron chi connectivity index (χ4n) is 4.42. The van der Waals surface area contributed by atoms with Gasteiger partial charge in [0, 0.05) is 30.2 Å². The van der Waals surface area contributed by atoms with Crippen molar-refractivity contribution in [2.24, 2.45) is 5.92 Å². The maximum absolute atomic E-state index is 13.4. The van der Waals surface area contributed by atoms with Gasteiger partial charge in [0.2, 0.25) is 5.91 Å². The van der Waals surface area contributed by atoms with E-state index in [4.69, 9.17) is 9.47 Å². The van der Waals surface area contributed by atoms with Gasteiger partial charge in [-0.25, -0.2) is 19.6 Å². The van der Waals surface area contributed by atoms with Crippen molar-refractivity contribution >= 4 is 29.4 Å². The molecule has 3 aromatic rings. The summed E-state index contributed by atoms with van der Waals surface area (Å²) in [4.78, 5) is 42.5. The number of aromatic nitrogens is 1. The molecule has 0 unspecified atom stereocenters. The van der Waals surface area contributed by atoms with Gasteiger partial charge in [-0.3, -0.25) is 10.2 Å². The van der Waals surface area contributed by atoms with Crippen LogP contribution in [0.25, 0.3) is 10.6 Å². The van der Waals surface area contributed by atoms with E-state index in [0.29, 0.717) is 6.42 Å². The Bertz CT molecular complexity index is 1330. The lowest BCUT2D eigenvalue weighted by molar-refractivity contribution is -0.125. The van der Waals surface area contributed by atoms with Gasteiger partial charge in [-0.05, 0) is 44.2 Å². The lowest BCUT2D eigenvalue weighted by Crippen LogP contribution is -2.57. The first-order chi connectivity index (χ1) is 20.8. The van der Waals surface area contributed by atoms with Gasteiger partial charge in [0.15, 0.2) is 0 Å². The number of carbonyl (C=O) groups excluding carboxylic acids is 3. The molecule has 1 heterocycles. The molecule has 0 fully saturated rings. The summed E-state index contributed by atoms with van der Waals surface area (Å²) in [5.74, 6) is -0.712. The van der Waals surface area contributed by atoms with Gasteiger partial charge < -0.3 is 25.2 Å². The van der Waals surface area contributed by atoms with Crippen molar-refractivity contribution < 1.29 is 29.0 Å². The van der Waals surface area contributed by atoms with Crippen LogP contribution in [0.3, 0.4) is 0 Å². The summed E-state index contributed by atoms with van der Waals surface area (Å²) in [5.41, 5.74) is 4.77. The van der Waals surface area contributed by atoms with E-state index in [0.717, 1.165) is 21.7 Å². The molecule has 0 aliphatic carbocycles. The molecular formula is C32H43N5O6S. The van der Waals surface area contributed by atoms with Crippen LogP contribution in [0.15, 0.2) is 66.2 Å². The van der Waals surface area contributed by atoms with Gasteiger partial charge in [0.05, 0.1) is 19.3 Å². The highest BCUT2D eigenvalue weighted by Crippen LogP contribution is 2.22. The first-order valence-corrected chi connectivity index (χ1v) is 15.3. The Morgan fingerprint density at radius 1 is 0.977 bits per heavy atom. The van der Waals surface area contributed by atoms with E-state index < -0.39 is 41.9 Å². The third kappa shape index (κ3) is 11.3. The van der Waals surface area contributed by atoms with Gasteiger partial charge in [0.25, 0.3) is 0 Å². The van der Waals surface area contributed by atoms with E-state index in [1.54, 1.807) is 57.2 Å². The van der Waals surface area contributed by atoms with Crippen molar-refractivity contribution in [3.05, 3.63) is 77.3 Å². The molecule has 0 spiro atoms. The smallest absolute Gasteiger partial charge is 0.422 e. The van der Waals surface area contributed by atoms with Crippen LogP contribution in [0.1, 0.15) is 45.7 Å². The van der Waals surface area contributed by atoms with E-state index in [1.165, 1.54) is 7.11 Å². The number of amides is 3. The van der Waals surface area contributed by atoms with Crippen molar-refractivity contribution in [3.63, 3.8) is 0 Å². The van der Waals surface area contributed by atoms with Gasteiger partial charge in [-0.1, -0.05) is 68.4 Å². The van der Waals surface area contributed by atoms with Crippen LogP contribution in [0.4, 0.5) is 9.59 Å². The average molecular weight is 626 g/mol. The van der Waals surface area contributed by atoms with Crippen molar-refractivity contribution in [2.75, 3.05) is 13.7 Å². The second-order valence-electron chi connectivity index (χ2n) is 11.8. The maximum atomic E-state index is 13.4. The number of hydrazine groups is 1. The predicted molar refractivity (Wildman–Crippen MR) is 170 cm³/mol. The Morgan fingerprint density at radius 3 is 2.23 bits per heavy atom. The number of nitrogens with one attached hydrogen (secondary N) is 3. The summed E-state index contributed by atoms with van der Waals surface area (Å²) in [7, 11) is 1.23. The van der Waals surface area contributed by atoms with Gasteiger partial charge in [-0.2, -0.15) is 0 Å². The van der Waals surface area contributed by atoms with Gasteiger partial charge in [0.1, 0.15) is 16.7 Å². The average Bonchev–Trinajstić information content (AvgIpc) is 3.50. The minimum Gasteiger partial charge on any atom is -0.453 e. The third-order valence-corrected chi connectivity index (χ3v) is 7.38. The van der Waals surface area contributed by atoms with Crippen LogP contribution in [0.2, 0.25) is 0 Å². The number of benzene rings is 2. The fraction of sp³-hybridized carbons (Fsp3) is 0.438. The zero-order valence-electron chi connectivity index (χ0n) is 26.1. The quantitative estimate of drug-likeness (QED) is 0.203. The number of hydrogen-bond donors (Lipinski definition) is 4. The van der Waals surface area contributed by atoms with Gasteiger partial charge in [-0.15, -0.1) is 11.3 Å². The minimum absolute atomic E-state index is 0.0397. The molecule has 3 atom stereocenters. The van der Waals surface area contributed by atoms with Crippen LogP contribution in [-0.2, 0) is 27.2 Å². The molecule has 3 amide bonds. The summed E-state index contributed by atoms with van der Waals surface area (Å²) in [6.45, 7) is 9.11. The number of hydrogen-bond acceptors (Lipinski definition) is 9. The van der Waals surface area contributed by atoms with Crippen LogP contribution in [-0.4, -0.2) is 70.6 Å². The monoisotopic (exact) mass is 625 g/mol. The van der Waals surface area contributed by atoms with E-state index in [9.17, 15) is 19.5 Å². The molecule has 0 aliphatic rings. The highest BCUT2D eigenvalue weighted by molar-refractivity contribution is 7.13. The van der Waals surface area contributed by atoms with Crippen LogP contribution in [0.5, 0.6) is 0 Å². The second kappa shape index (κ2) is 16.2. The number of thiazole rings is 1. The van der Waals surface area contributed by atoms with Crippen molar-refractivity contribution in [1.82, 2.24) is 26.1 Å². The molecule has 4 N–H and O–H groups in total. The van der Waals surface area contributed by atoms with Crippen molar-refractivity contribution in [2.45, 2.75) is 71.4 Å². The summed E-state index contributed by atoms with van der Waals surface area (Å²) < 4.78 is 10.2. The molecule has 0 aliphatic heterocycles. The van der Waals surface area contributed by atoms with Crippen LogP contribution < -0.4 is 16.1 Å². The Kier molecular flexibility index (Phi) is 12.7. The molecule has 11 nitrogen and oxygen atoms in total. The molecule has 0 radical (unpaired) electrons. The SMILES string of the molecule is COC(=O)N[C@H](C(=O)N[C@@H](Cc1ccccc1)[C@@H](O)CN(Cc1ccc(-c2nccs2)cc1)NC(=O)OC(C)(C)C)C(C)C. The minimum atomic E-state index is -1.13. The first kappa shape index (κ1) is 34.5. The summed E-state index contributed by atoms with van der Waals surface area (Å²) >= 11 is 1.54. The largest absolute Gasteiger partial charge is 0.453 e. The Morgan fingerprint density at radius 2 is 1.66 bits per heavy atom. The second-order valence-corrected chi connectivity index (χ2v) is 12.7.